The minimum absolute atomic E-state index is 0.0263. The molecule has 1 N–H and O–H groups in total. The van der Waals surface area contributed by atoms with Gasteiger partial charge < -0.3 is 0 Å². The first-order chi connectivity index (χ1) is 4.95. The Labute approximate surface area is 65.0 Å². The fourth-order valence-electron chi connectivity index (χ4n) is 0.664. The highest BCUT2D eigenvalue weighted by Crippen LogP contribution is 2.11. The molecule has 0 bridgehead atoms. The summed E-state index contributed by atoms with van der Waals surface area (Å²) in [6, 6.07) is 0. The molecule has 68 valence electrons. The Bertz CT molecular complexity index is 100. The van der Waals surface area contributed by atoms with Crippen molar-refractivity contribution in [1.82, 2.24) is 5.32 Å². The Balaban J connectivity index is 3.28. The first kappa shape index (κ1) is 10.8. The van der Waals surface area contributed by atoms with E-state index in [9.17, 15) is 13.2 Å². The van der Waals surface area contributed by atoms with Crippen LogP contribution >= 0.6 is 0 Å². The molecule has 11 heavy (non-hydrogen) atoms. The predicted molar refractivity (Wildman–Crippen MR) is 38.1 cm³/mol. The zero-order valence-electron chi connectivity index (χ0n) is 6.83. The molecular weight excluding hydrogens is 155 g/mol. The Morgan fingerprint density at radius 3 is 2.27 bits per heavy atom. The van der Waals surface area contributed by atoms with Gasteiger partial charge in [-0.3, -0.25) is 0 Å². The summed E-state index contributed by atoms with van der Waals surface area (Å²) in [5.74, 6) is 0.366. The number of nitrogens with one attached hydrogen (secondary N) is 1. The van der Waals surface area contributed by atoms with Gasteiger partial charge in [-0.1, -0.05) is 20.3 Å². The first-order valence-electron chi connectivity index (χ1n) is 3.77. The predicted octanol–water partition coefficient (Wildman–Crippen LogP) is 2.53. The van der Waals surface area contributed by atoms with Crippen LogP contribution in [0.2, 0.25) is 0 Å². The second kappa shape index (κ2) is 4.59. The van der Waals surface area contributed by atoms with Crippen molar-refractivity contribution >= 4 is 0 Å². The molecule has 0 saturated heterocycles. The molecule has 0 spiro atoms. The van der Waals surface area contributed by atoms with Crippen molar-refractivity contribution in [2.75, 3.05) is 6.54 Å². The van der Waals surface area contributed by atoms with E-state index in [4.69, 9.17) is 0 Å². The number of halogens is 3. The van der Waals surface area contributed by atoms with Crippen molar-refractivity contribution in [3.8, 4) is 0 Å². The maximum Gasteiger partial charge on any atom is 0.457 e. The summed E-state index contributed by atoms with van der Waals surface area (Å²) >= 11 is 0. The van der Waals surface area contributed by atoms with Gasteiger partial charge in [-0.15, -0.1) is 0 Å². The van der Waals surface area contributed by atoms with Crippen LogP contribution in [0.4, 0.5) is 13.2 Å². The Kier molecular flexibility index (Phi) is 4.49. The maximum absolute atomic E-state index is 11.5. The van der Waals surface area contributed by atoms with Crippen LogP contribution in [0.25, 0.3) is 0 Å². The standard InChI is InChI=1S/C7H14F3N/c1-3-6(2)4-5-11-7(8,9)10/h6,11H,3-5H2,1-2H3/t6-/m1/s1. The van der Waals surface area contributed by atoms with E-state index in [1.807, 2.05) is 13.8 Å². The van der Waals surface area contributed by atoms with E-state index in [-0.39, 0.29) is 6.54 Å². The molecule has 0 heterocycles. The van der Waals surface area contributed by atoms with E-state index in [0.29, 0.717) is 12.3 Å². The van der Waals surface area contributed by atoms with Gasteiger partial charge in [-0.25, -0.2) is 5.32 Å². The van der Waals surface area contributed by atoms with Crippen molar-refractivity contribution in [2.24, 2.45) is 5.92 Å². The van der Waals surface area contributed by atoms with Gasteiger partial charge in [-0.05, 0) is 12.3 Å². The van der Waals surface area contributed by atoms with Crippen molar-refractivity contribution in [3.05, 3.63) is 0 Å². The van der Waals surface area contributed by atoms with Crippen LogP contribution in [0.3, 0.4) is 0 Å². The Morgan fingerprint density at radius 1 is 1.36 bits per heavy atom. The van der Waals surface area contributed by atoms with Crippen molar-refractivity contribution in [3.63, 3.8) is 0 Å². The zero-order valence-corrected chi connectivity index (χ0v) is 6.83. The topological polar surface area (TPSA) is 12.0 Å². The van der Waals surface area contributed by atoms with Gasteiger partial charge in [0.15, 0.2) is 0 Å². The van der Waals surface area contributed by atoms with E-state index in [0.717, 1.165) is 6.42 Å². The number of hydrogen-bond acceptors (Lipinski definition) is 1. The average Bonchev–Trinajstić information content (AvgIpc) is 1.85. The van der Waals surface area contributed by atoms with Gasteiger partial charge in [0, 0.05) is 6.54 Å². The van der Waals surface area contributed by atoms with E-state index in [1.165, 1.54) is 5.32 Å². The third-order valence-electron chi connectivity index (χ3n) is 1.66. The average molecular weight is 169 g/mol. The van der Waals surface area contributed by atoms with E-state index in [1.54, 1.807) is 0 Å². The summed E-state index contributed by atoms with van der Waals surface area (Å²) in [4.78, 5) is 0. The quantitative estimate of drug-likeness (QED) is 0.637. The lowest BCUT2D eigenvalue weighted by molar-refractivity contribution is -0.157. The lowest BCUT2D eigenvalue weighted by atomic mass is 10.1. The van der Waals surface area contributed by atoms with E-state index in [2.05, 4.69) is 0 Å². The molecule has 0 aliphatic carbocycles. The van der Waals surface area contributed by atoms with E-state index < -0.39 is 6.30 Å². The molecule has 0 aliphatic rings. The highest BCUT2D eigenvalue weighted by Gasteiger charge is 2.25. The molecule has 0 amide bonds. The highest BCUT2D eigenvalue weighted by atomic mass is 19.4. The lowest BCUT2D eigenvalue weighted by Gasteiger charge is -2.10. The summed E-state index contributed by atoms with van der Waals surface area (Å²) in [5.41, 5.74) is 0. The molecule has 1 atom stereocenters. The third kappa shape index (κ3) is 7.65. The molecule has 0 aromatic heterocycles. The molecule has 0 saturated carbocycles. The van der Waals surface area contributed by atoms with Crippen molar-refractivity contribution in [2.45, 2.75) is 33.0 Å². The molecule has 0 unspecified atom stereocenters. The van der Waals surface area contributed by atoms with Crippen LogP contribution < -0.4 is 5.32 Å². The molecule has 0 aliphatic heterocycles. The largest absolute Gasteiger partial charge is 0.457 e. The molecular formula is C7H14F3N. The van der Waals surface area contributed by atoms with Crippen LogP contribution in [-0.4, -0.2) is 12.8 Å². The van der Waals surface area contributed by atoms with Gasteiger partial charge in [0.2, 0.25) is 0 Å². The van der Waals surface area contributed by atoms with Crippen molar-refractivity contribution < 1.29 is 13.2 Å². The molecule has 0 fully saturated rings. The molecule has 0 radical (unpaired) electrons. The minimum atomic E-state index is -4.21. The summed E-state index contributed by atoms with van der Waals surface area (Å²) in [6.07, 6.45) is -2.71. The lowest BCUT2D eigenvalue weighted by Crippen LogP contribution is -2.32. The van der Waals surface area contributed by atoms with Crippen LogP contribution in [0.5, 0.6) is 0 Å². The van der Waals surface area contributed by atoms with Crippen LogP contribution in [-0.2, 0) is 0 Å². The minimum Gasteiger partial charge on any atom is -0.228 e. The normalized spacial score (nSPS) is 15.0. The smallest absolute Gasteiger partial charge is 0.228 e. The van der Waals surface area contributed by atoms with Gasteiger partial charge in [0.1, 0.15) is 0 Å². The summed E-state index contributed by atoms with van der Waals surface area (Å²) in [7, 11) is 0. The van der Waals surface area contributed by atoms with Crippen LogP contribution in [0.15, 0.2) is 0 Å². The Hall–Kier alpha value is -0.250. The molecule has 1 nitrogen and oxygen atoms in total. The van der Waals surface area contributed by atoms with E-state index >= 15 is 0 Å². The number of rotatable bonds is 4. The number of alkyl halides is 3. The second-order valence-corrected chi connectivity index (χ2v) is 2.73. The Morgan fingerprint density at radius 2 is 1.91 bits per heavy atom. The van der Waals surface area contributed by atoms with Gasteiger partial charge in [0.25, 0.3) is 0 Å². The van der Waals surface area contributed by atoms with Crippen LogP contribution in [0, 0.1) is 5.92 Å². The summed E-state index contributed by atoms with van der Waals surface area (Å²) in [6.45, 7) is 3.94. The second-order valence-electron chi connectivity index (χ2n) is 2.73. The highest BCUT2D eigenvalue weighted by molar-refractivity contribution is 4.54. The monoisotopic (exact) mass is 169 g/mol. The molecule has 0 rings (SSSR count). The zero-order chi connectivity index (χ0) is 8.91. The number of hydrogen-bond donors (Lipinski definition) is 1. The fraction of sp³-hybridized carbons (Fsp3) is 1.00. The van der Waals surface area contributed by atoms with Crippen molar-refractivity contribution in [1.29, 1.82) is 0 Å². The summed E-state index contributed by atoms with van der Waals surface area (Å²) in [5, 5.41) is 1.49. The SMILES string of the molecule is CC[C@@H](C)CCNC(F)(F)F. The first-order valence-corrected chi connectivity index (χ1v) is 3.77. The summed E-state index contributed by atoms with van der Waals surface area (Å²) < 4.78 is 34.5. The van der Waals surface area contributed by atoms with Gasteiger partial charge >= 0.3 is 6.30 Å². The molecule has 0 aromatic carbocycles. The third-order valence-corrected chi connectivity index (χ3v) is 1.66. The fourth-order valence-corrected chi connectivity index (χ4v) is 0.664. The molecule has 4 heteroatoms. The molecule has 0 aromatic rings. The van der Waals surface area contributed by atoms with Crippen LogP contribution in [0.1, 0.15) is 26.7 Å². The van der Waals surface area contributed by atoms with Gasteiger partial charge in [-0.2, -0.15) is 13.2 Å². The maximum atomic E-state index is 11.5. The van der Waals surface area contributed by atoms with Gasteiger partial charge in [0.05, 0.1) is 0 Å².